The van der Waals surface area contributed by atoms with Crippen LogP contribution >= 0.6 is 11.3 Å². The SMILES string of the molecule is CCc1nc(CCN=C(N)Nc2cc(C)cc(C)c2)sc1C. The van der Waals surface area contributed by atoms with Crippen LogP contribution in [0.1, 0.15) is 33.6 Å². The minimum atomic E-state index is 0.453. The fraction of sp³-hybridized carbons (Fsp3) is 0.412. The van der Waals surface area contributed by atoms with Crippen LogP contribution in [0.3, 0.4) is 0 Å². The second-order valence-corrected chi connectivity index (χ2v) is 6.77. The van der Waals surface area contributed by atoms with Gasteiger partial charge in [-0.05, 0) is 50.5 Å². The summed E-state index contributed by atoms with van der Waals surface area (Å²) in [7, 11) is 0. The quantitative estimate of drug-likeness (QED) is 0.654. The van der Waals surface area contributed by atoms with Gasteiger partial charge in [-0.2, -0.15) is 0 Å². The van der Waals surface area contributed by atoms with Crippen molar-refractivity contribution in [3.63, 3.8) is 0 Å². The van der Waals surface area contributed by atoms with E-state index in [2.05, 4.69) is 61.2 Å². The van der Waals surface area contributed by atoms with Gasteiger partial charge >= 0.3 is 0 Å². The molecule has 118 valence electrons. The summed E-state index contributed by atoms with van der Waals surface area (Å²) in [5.74, 6) is 0.453. The number of benzene rings is 1. The lowest BCUT2D eigenvalue weighted by atomic mass is 10.1. The highest BCUT2D eigenvalue weighted by atomic mass is 32.1. The zero-order valence-electron chi connectivity index (χ0n) is 13.7. The van der Waals surface area contributed by atoms with Gasteiger partial charge in [-0.25, -0.2) is 4.98 Å². The van der Waals surface area contributed by atoms with Crippen molar-refractivity contribution < 1.29 is 0 Å². The predicted molar refractivity (Wildman–Crippen MR) is 96.0 cm³/mol. The Labute approximate surface area is 136 Å². The summed E-state index contributed by atoms with van der Waals surface area (Å²) in [5.41, 5.74) is 10.6. The lowest BCUT2D eigenvalue weighted by molar-refractivity contribution is 0.925. The summed E-state index contributed by atoms with van der Waals surface area (Å²) in [4.78, 5) is 10.3. The predicted octanol–water partition coefficient (Wildman–Crippen LogP) is 3.60. The molecule has 5 heteroatoms. The number of nitrogens with zero attached hydrogens (tertiary/aromatic N) is 2. The molecule has 0 unspecified atom stereocenters. The van der Waals surface area contributed by atoms with Crippen molar-refractivity contribution in [3.8, 4) is 0 Å². The number of thiazole rings is 1. The van der Waals surface area contributed by atoms with Gasteiger partial charge in [0.2, 0.25) is 0 Å². The van der Waals surface area contributed by atoms with E-state index in [1.54, 1.807) is 11.3 Å². The Balaban J connectivity index is 1.92. The highest BCUT2D eigenvalue weighted by Crippen LogP contribution is 2.18. The summed E-state index contributed by atoms with van der Waals surface area (Å²) in [6.45, 7) is 9.05. The molecule has 4 nitrogen and oxygen atoms in total. The van der Waals surface area contributed by atoms with E-state index in [0.717, 1.165) is 23.5 Å². The van der Waals surface area contributed by atoms with E-state index in [9.17, 15) is 0 Å². The number of aromatic nitrogens is 1. The molecule has 0 amide bonds. The second kappa shape index (κ2) is 7.40. The maximum absolute atomic E-state index is 5.95. The summed E-state index contributed by atoms with van der Waals surface area (Å²) in [6.07, 6.45) is 1.82. The molecule has 3 N–H and O–H groups in total. The minimum absolute atomic E-state index is 0.453. The number of anilines is 1. The van der Waals surface area contributed by atoms with Gasteiger partial charge in [-0.3, -0.25) is 4.99 Å². The Kier molecular flexibility index (Phi) is 5.55. The van der Waals surface area contributed by atoms with E-state index in [-0.39, 0.29) is 0 Å². The van der Waals surface area contributed by atoms with Crippen molar-refractivity contribution in [2.75, 3.05) is 11.9 Å². The fourth-order valence-electron chi connectivity index (χ4n) is 2.43. The molecule has 0 aliphatic carbocycles. The van der Waals surface area contributed by atoms with Crippen LogP contribution in [0.25, 0.3) is 0 Å². The third-order valence-electron chi connectivity index (χ3n) is 3.37. The Hall–Kier alpha value is -1.88. The molecule has 1 aromatic heterocycles. The maximum Gasteiger partial charge on any atom is 0.193 e. The van der Waals surface area contributed by atoms with E-state index < -0.39 is 0 Å². The smallest absolute Gasteiger partial charge is 0.193 e. The van der Waals surface area contributed by atoms with Crippen LogP contribution in [-0.2, 0) is 12.8 Å². The van der Waals surface area contributed by atoms with Crippen LogP contribution in [0.4, 0.5) is 5.69 Å². The molecule has 22 heavy (non-hydrogen) atoms. The molecule has 1 aromatic carbocycles. The van der Waals surface area contributed by atoms with Gasteiger partial charge in [0.15, 0.2) is 5.96 Å². The molecular formula is C17H24N4S. The van der Waals surface area contributed by atoms with Gasteiger partial charge < -0.3 is 11.1 Å². The number of nitrogens with one attached hydrogen (secondary N) is 1. The van der Waals surface area contributed by atoms with E-state index in [4.69, 9.17) is 5.73 Å². The number of aliphatic imine (C=N–C) groups is 1. The van der Waals surface area contributed by atoms with Crippen molar-refractivity contribution in [3.05, 3.63) is 44.9 Å². The Morgan fingerprint density at radius 2 is 1.91 bits per heavy atom. The number of nitrogens with two attached hydrogens (primary N) is 1. The maximum atomic E-state index is 5.95. The molecule has 0 aliphatic heterocycles. The monoisotopic (exact) mass is 316 g/mol. The normalized spacial score (nSPS) is 11.7. The van der Waals surface area contributed by atoms with Crippen molar-refractivity contribution in [1.29, 1.82) is 0 Å². The molecule has 0 saturated carbocycles. The van der Waals surface area contributed by atoms with Gasteiger partial charge in [-0.15, -0.1) is 11.3 Å². The fourth-order valence-corrected chi connectivity index (χ4v) is 3.44. The molecule has 0 spiro atoms. The lowest BCUT2D eigenvalue weighted by Crippen LogP contribution is -2.23. The van der Waals surface area contributed by atoms with Gasteiger partial charge in [-0.1, -0.05) is 13.0 Å². The largest absolute Gasteiger partial charge is 0.370 e. The van der Waals surface area contributed by atoms with Crippen LogP contribution in [0.2, 0.25) is 0 Å². The first-order valence-corrected chi connectivity index (χ1v) is 8.40. The topological polar surface area (TPSA) is 63.3 Å². The molecule has 0 saturated heterocycles. The molecule has 2 rings (SSSR count). The van der Waals surface area contributed by atoms with Crippen molar-refractivity contribution >= 4 is 23.0 Å². The zero-order valence-corrected chi connectivity index (χ0v) is 14.5. The number of hydrogen-bond donors (Lipinski definition) is 2. The molecule has 0 aliphatic rings. The number of hydrogen-bond acceptors (Lipinski definition) is 3. The molecule has 0 radical (unpaired) electrons. The van der Waals surface area contributed by atoms with Gasteiger partial charge in [0.05, 0.1) is 10.7 Å². The van der Waals surface area contributed by atoms with E-state index in [0.29, 0.717) is 12.5 Å². The van der Waals surface area contributed by atoms with E-state index in [1.165, 1.54) is 21.7 Å². The Morgan fingerprint density at radius 1 is 1.23 bits per heavy atom. The van der Waals surface area contributed by atoms with Gasteiger partial charge in [0.25, 0.3) is 0 Å². The van der Waals surface area contributed by atoms with E-state index >= 15 is 0 Å². The zero-order chi connectivity index (χ0) is 16.1. The molecule has 2 aromatic rings. The number of rotatable bonds is 5. The average molecular weight is 316 g/mol. The van der Waals surface area contributed by atoms with Crippen molar-refractivity contribution in [2.45, 2.75) is 40.5 Å². The van der Waals surface area contributed by atoms with Gasteiger partial charge in [0.1, 0.15) is 0 Å². The summed E-state index contributed by atoms with van der Waals surface area (Å²) in [5, 5.41) is 4.28. The summed E-state index contributed by atoms with van der Waals surface area (Å²) >= 11 is 1.76. The van der Waals surface area contributed by atoms with Crippen molar-refractivity contribution in [1.82, 2.24) is 4.98 Å². The minimum Gasteiger partial charge on any atom is -0.370 e. The first-order valence-electron chi connectivity index (χ1n) is 7.58. The van der Waals surface area contributed by atoms with Crippen molar-refractivity contribution in [2.24, 2.45) is 10.7 Å². The third kappa shape index (κ3) is 4.56. The second-order valence-electron chi connectivity index (χ2n) is 5.48. The number of guanidine groups is 1. The Bertz CT molecular complexity index is 653. The standard InChI is InChI=1S/C17H24N4S/c1-5-15-13(4)22-16(21-15)6-7-19-17(18)20-14-9-11(2)8-12(3)10-14/h8-10H,5-7H2,1-4H3,(H3,18,19,20). The van der Waals surface area contributed by atoms with Crippen LogP contribution in [0.5, 0.6) is 0 Å². The lowest BCUT2D eigenvalue weighted by Gasteiger charge is -2.07. The molecule has 0 fully saturated rings. The van der Waals surface area contributed by atoms with Crippen LogP contribution in [0.15, 0.2) is 23.2 Å². The summed E-state index contributed by atoms with van der Waals surface area (Å²) < 4.78 is 0. The summed E-state index contributed by atoms with van der Waals surface area (Å²) in [6, 6.07) is 6.26. The average Bonchev–Trinajstić information content (AvgIpc) is 2.77. The van der Waals surface area contributed by atoms with Crippen LogP contribution in [-0.4, -0.2) is 17.5 Å². The molecular weight excluding hydrogens is 292 g/mol. The molecule has 0 atom stereocenters. The number of aryl methyl sites for hydroxylation is 4. The molecule has 0 bridgehead atoms. The van der Waals surface area contributed by atoms with Gasteiger partial charge in [0, 0.05) is 23.5 Å². The highest BCUT2D eigenvalue weighted by molar-refractivity contribution is 7.11. The first kappa shape index (κ1) is 16.5. The van der Waals surface area contributed by atoms with Crippen LogP contribution in [0, 0.1) is 20.8 Å². The van der Waals surface area contributed by atoms with Crippen LogP contribution < -0.4 is 11.1 Å². The molecule has 1 heterocycles. The van der Waals surface area contributed by atoms with E-state index in [1.807, 2.05) is 0 Å². The Morgan fingerprint density at radius 3 is 2.50 bits per heavy atom. The third-order valence-corrected chi connectivity index (χ3v) is 4.45. The highest BCUT2D eigenvalue weighted by Gasteiger charge is 2.05. The first-order chi connectivity index (χ1) is 10.5.